The molecule has 4 heteroatoms. The number of carbonyl (C=O) groups is 1. The van der Waals surface area contributed by atoms with Gasteiger partial charge in [0, 0.05) is 5.39 Å². The van der Waals surface area contributed by atoms with Crippen LogP contribution in [0.3, 0.4) is 0 Å². The van der Waals surface area contributed by atoms with Gasteiger partial charge in [0.1, 0.15) is 0 Å². The van der Waals surface area contributed by atoms with Crippen molar-refractivity contribution in [3.8, 4) is 5.75 Å². The maximum Gasteiger partial charge on any atom is 0.177 e. The third-order valence-corrected chi connectivity index (χ3v) is 2.13. The Morgan fingerprint density at radius 3 is 3.00 bits per heavy atom. The average molecular weight is 197 g/mol. The van der Waals surface area contributed by atoms with Crippen LogP contribution in [0, 0.1) is 0 Å². The van der Waals surface area contributed by atoms with Crippen molar-refractivity contribution in [1.29, 1.82) is 0 Å². The molecule has 0 amide bonds. The number of phenols is 1. The summed E-state index contributed by atoms with van der Waals surface area (Å²) in [5.41, 5.74) is 0.377. The molecule has 13 heavy (non-hydrogen) atoms. The highest BCUT2D eigenvalue weighted by Crippen LogP contribution is 2.34. The number of carbonyl (C=O) groups excluding carboxylic acids is 1. The Kier molecular flexibility index (Phi) is 1.74. The van der Waals surface area contributed by atoms with Crippen molar-refractivity contribution < 1.29 is 14.3 Å². The quantitative estimate of drug-likeness (QED) is 0.714. The van der Waals surface area contributed by atoms with E-state index < -0.39 is 0 Å². The molecule has 66 valence electrons. The number of benzene rings is 1. The molecular weight excluding hydrogens is 192 g/mol. The summed E-state index contributed by atoms with van der Waals surface area (Å²) in [4.78, 5) is 10.5. The molecule has 0 aliphatic rings. The Labute approximate surface area is 78.5 Å². The third kappa shape index (κ3) is 1.09. The highest BCUT2D eigenvalue weighted by Gasteiger charge is 2.11. The third-order valence-electron chi connectivity index (χ3n) is 1.82. The van der Waals surface area contributed by atoms with E-state index >= 15 is 0 Å². The van der Waals surface area contributed by atoms with Crippen LogP contribution in [0.15, 0.2) is 22.8 Å². The highest BCUT2D eigenvalue weighted by atomic mass is 35.5. The maximum atomic E-state index is 10.5. The number of rotatable bonds is 1. The Morgan fingerprint density at radius 1 is 1.54 bits per heavy atom. The number of phenolic OH excluding ortho intramolecular Hbond substituents is 1. The Hall–Kier alpha value is -1.48. The lowest BCUT2D eigenvalue weighted by Crippen LogP contribution is -1.81. The Bertz CT molecular complexity index is 473. The molecule has 0 unspecified atom stereocenters. The predicted molar refractivity (Wildman–Crippen MR) is 48.3 cm³/mol. The molecule has 1 N–H and O–H groups in total. The first-order chi connectivity index (χ1) is 6.24. The van der Waals surface area contributed by atoms with E-state index in [0.29, 0.717) is 16.7 Å². The number of fused-ring (bicyclic) bond motifs is 1. The summed E-state index contributed by atoms with van der Waals surface area (Å²) in [6, 6.07) is 3.04. The second-order valence-electron chi connectivity index (χ2n) is 2.58. The molecule has 1 aromatic heterocycles. The summed E-state index contributed by atoms with van der Waals surface area (Å²) >= 11 is 5.82. The minimum absolute atomic E-state index is 0.132. The summed E-state index contributed by atoms with van der Waals surface area (Å²) in [5, 5.41) is 10.5. The molecule has 1 aromatic carbocycles. The van der Waals surface area contributed by atoms with Gasteiger partial charge in [-0.2, -0.15) is 0 Å². The lowest BCUT2D eigenvalue weighted by atomic mass is 10.1. The van der Waals surface area contributed by atoms with Gasteiger partial charge in [-0.15, -0.1) is 0 Å². The Morgan fingerprint density at radius 2 is 2.31 bits per heavy atom. The standard InChI is InChI=1S/C9H5ClO3/c10-7-3-5(4-11)8(12)9-6(7)1-2-13-9/h1-4,12H. The fourth-order valence-electron chi connectivity index (χ4n) is 1.18. The van der Waals surface area contributed by atoms with Crippen LogP contribution in [0.5, 0.6) is 5.75 Å². The van der Waals surface area contributed by atoms with Crippen molar-refractivity contribution >= 4 is 28.9 Å². The van der Waals surface area contributed by atoms with E-state index in [9.17, 15) is 9.90 Å². The van der Waals surface area contributed by atoms with Gasteiger partial charge in [-0.1, -0.05) is 11.6 Å². The lowest BCUT2D eigenvalue weighted by Gasteiger charge is -1.99. The van der Waals surface area contributed by atoms with Gasteiger partial charge in [0.15, 0.2) is 17.6 Å². The van der Waals surface area contributed by atoms with E-state index in [1.165, 1.54) is 12.3 Å². The maximum absolute atomic E-state index is 10.5. The Balaban J connectivity index is 2.93. The number of aldehydes is 1. The van der Waals surface area contributed by atoms with Crippen molar-refractivity contribution in [2.45, 2.75) is 0 Å². The molecule has 2 rings (SSSR count). The predicted octanol–water partition coefficient (Wildman–Crippen LogP) is 2.60. The van der Waals surface area contributed by atoms with Crippen LogP contribution in [0.4, 0.5) is 0 Å². The van der Waals surface area contributed by atoms with Crippen molar-refractivity contribution in [2.24, 2.45) is 0 Å². The fraction of sp³-hybridized carbons (Fsp3) is 0. The normalized spacial score (nSPS) is 10.5. The molecule has 2 aromatic rings. The average Bonchev–Trinajstić information content (AvgIpc) is 2.60. The smallest absolute Gasteiger partial charge is 0.177 e. The van der Waals surface area contributed by atoms with Crippen LogP contribution in [0.1, 0.15) is 10.4 Å². The summed E-state index contributed by atoms with van der Waals surface area (Å²) in [6.45, 7) is 0. The van der Waals surface area contributed by atoms with Crippen LogP contribution >= 0.6 is 11.6 Å². The van der Waals surface area contributed by atoms with E-state index in [-0.39, 0.29) is 16.9 Å². The number of aromatic hydroxyl groups is 1. The molecule has 0 saturated heterocycles. The van der Waals surface area contributed by atoms with Crippen molar-refractivity contribution in [3.05, 3.63) is 29.0 Å². The van der Waals surface area contributed by atoms with Crippen LogP contribution in [0.25, 0.3) is 11.0 Å². The first-order valence-corrected chi connectivity index (χ1v) is 3.95. The van der Waals surface area contributed by atoms with Crippen molar-refractivity contribution in [1.82, 2.24) is 0 Å². The van der Waals surface area contributed by atoms with Gasteiger partial charge < -0.3 is 9.52 Å². The second-order valence-corrected chi connectivity index (χ2v) is 2.98. The van der Waals surface area contributed by atoms with Gasteiger partial charge in [0.25, 0.3) is 0 Å². The fourth-order valence-corrected chi connectivity index (χ4v) is 1.45. The monoisotopic (exact) mass is 196 g/mol. The molecular formula is C9H5ClO3. The first kappa shape index (κ1) is 8.13. The van der Waals surface area contributed by atoms with Crippen LogP contribution in [0.2, 0.25) is 5.02 Å². The number of hydrogen-bond acceptors (Lipinski definition) is 3. The van der Waals surface area contributed by atoms with Gasteiger partial charge in [-0.25, -0.2) is 0 Å². The summed E-state index contributed by atoms with van der Waals surface area (Å²) < 4.78 is 4.98. The van der Waals surface area contributed by atoms with E-state index in [2.05, 4.69) is 0 Å². The van der Waals surface area contributed by atoms with Crippen molar-refractivity contribution in [2.75, 3.05) is 0 Å². The number of furan rings is 1. The zero-order valence-corrected chi connectivity index (χ0v) is 7.21. The molecule has 0 saturated carbocycles. The largest absolute Gasteiger partial charge is 0.504 e. The minimum atomic E-state index is -0.167. The summed E-state index contributed by atoms with van der Waals surface area (Å²) in [6.07, 6.45) is 1.94. The van der Waals surface area contributed by atoms with E-state index in [1.807, 2.05) is 0 Å². The SMILES string of the molecule is O=Cc1cc(Cl)c2ccoc2c1O. The second kappa shape index (κ2) is 2.78. The van der Waals surface area contributed by atoms with E-state index in [4.69, 9.17) is 16.0 Å². The summed E-state index contributed by atoms with van der Waals surface area (Å²) in [7, 11) is 0. The van der Waals surface area contributed by atoms with Gasteiger partial charge in [0.2, 0.25) is 0 Å². The minimum Gasteiger partial charge on any atom is -0.504 e. The molecule has 0 radical (unpaired) electrons. The molecule has 0 aliphatic heterocycles. The van der Waals surface area contributed by atoms with Gasteiger partial charge in [0.05, 0.1) is 16.8 Å². The molecule has 0 fully saturated rings. The molecule has 0 atom stereocenters. The molecule has 0 bridgehead atoms. The van der Waals surface area contributed by atoms with Crippen LogP contribution < -0.4 is 0 Å². The van der Waals surface area contributed by atoms with E-state index in [1.54, 1.807) is 6.07 Å². The van der Waals surface area contributed by atoms with Gasteiger partial charge >= 0.3 is 0 Å². The topological polar surface area (TPSA) is 50.4 Å². The number of hydrogen-bond donors (Lipinski definition) is 1. The molecule has 3 nitrogen and oxygen atoms in total. The first-order valence-electron chi connectivity index (χ1n) is 3.58. The zero-order chi connectivity index (χ0) is 9.42. The number of halogens is 1. The van der Waals surface area contributed by atoms with Gasteiger partial charge in [-0.3, -0.25) is 4.79 Å². The van der Waals surface area contributed by atoms with Crippen molar-refractivity contribution in [3.63, 3.8) is 0 Å². The van der Waals surface area contributed by atoms with Gasteiger partial charge in [-0.05, 0) is 12.1 Å². The molecule has 1 heterocycles. The molecule has 0 aliphatic carbocycles. The van der Waals surface area contributed by atoms with E-state index in [0.717, 1.165) is 0 Å². The zero-order valence-electron chi connectivity index (χ0n) is 6.45. The highest BCUT2D eigenvalue weighted by molar-refractivity contribution is 6.36. The summed E-state index contributed by atoms with van der Waals surface area (Å²) in [5.74, 6) is -0.167. The van der Waals surface area contributed by atoms with Crippen LogP contribution in [-0.2, 0) is 0 Å². The molecule has 0 spiro atoms. The lowest BCUT2D eigenvalue weighted by molar-refractivity contribution is 0.112. The van der Waals surface area contributed by atoms with Crippen LogP contribution in [-0.4, -0.2) is 11.4 Å².